The van der Waals surface area contributed by atoms with Gasteiger partial charge in [0.05, 0.1) is 0 Å². The third-order valence-electron chi connectivity index (χ3n) is 3.08. The van der Waals surface area contributed by atoms with Crippen molar-refractivity contribution in [3.63, 3.8) is 0 Å². The van der Waals surface area contributed by atoms with Crippen LogP contribution in [-0.2, 0) is 0 Å². The Labute approximate surface area is 92.3 Å². The first-order valence-corrected chi connectivity index (χ1v) is 5.49. The summed E-state index contributed by atoms with van der Waals surface area (Å²) in [6, 6.07) is 6.45. The van der Waals surface area contributed by atoms with Gasteiger partial charge in [0.1, 0.15) is 0 Å². The highest BCUT2D eigenvalue weighted by molar-refractivity contribution is 5.60. The molecule has 0 bridgehead atoms. The van der Waals surface area contributed by atoms with Gasteiger partial charge in [-0.15, -0.1) is 6.58 Å². The average molecular weight is 197 g/mol. The monoisotopic (exact) mass is 197 g/mol. The van der Waals surface area contributed by atoms with Gasteiger partial charge in [-0.05, 0) is 35.4 Å². The van der Waals surface area contributed by atoms with Crippen LogP contribution >= 0.6 is 0 Å². The molecule has 0 aromatic heterocycles. The fourth-order valence-electron chi connectivity index (χ4n) is 2.04. The summed E-state index contributed by atoms with van der Waals surface area (Å²) in [6.07, 6.45) is 6.55. The van der Waals surface area contributed by atoms with Crippen LogP contribution in [0.1, 0.15) is 42.4 Å². The predicted octanol–water partition coefficient (Wildman–Crippen LogP) is 4.34. The molecule has 0 unspecified atom stereocenters. The molecule has 1 aromatic carbocycles. The topological polar surface area (TPSA) is 0 Å². The molecule has 0 nitrogen and oxygen atoms in total. The van der Waals surface area contributed by atoms with Gasteiger partial charge >= 0.3 is 0 Å². The molecule has 1 fully saturated rings. The molecule has 0 amide bonds. The molecule has 0 aliphatic heterocycles. The van der Waals surface area contributed by atoms with Crippen molar-refractivity contribution in [2.75, 3.05) is 0 Å². The minimum atomic E-state index is 0.754. The van der Waals surface area contributed by atoms with E-state index in [-0.39, 0.29) is 0 Å². The van der Waals surface area contributed by atoms with Gasteiger partial charge in [-0.1, -0.05) is 43.9 Å². The Morgan fingerprint density at radius 3 is 2.60 bits per heavy atom. The zero-order valence-electron chi connectivity index (χ0n) is 9.29. The molecule has 0 heteroatoms. The molecule has 15 heavy (non-hydrogen) atoms. The Morgan fingerprint density at radius 2 is 2.07 bits per heavy atom. The van der Waals surface area contributed by atoms with Gasteiger partial charge < -0.3 is 0 Å². The second kappa shape index (κ2) is 4.06. The summed E-state index contributed by atoms with van der Waals surface area (Å²) >= 11 is 0. The highest BCUT2D eigenvalue weighted by atomic mass is 14.3. The molecule has 0 heterocycles. The van der Waals surface area contributed by atoms with E-state index in [1.165, 1.54) is 35.4 Å². The summed E-state index contributed by atoms with van der Waals surface area (Å²) in [7, 11) is 0. The second-order valence-corrected chi connectivity index (χ2v) is 4.17. The van der Waals surface area contributed by atoms with Crippen LogP contribution in [0.25, 0.3) is 6.08 Å². The van der Waals surface area contributed by atoms with Crippen LogP contribution in [0.3, 0.4) is 0 Å². The van der Waals surface area contributed by atoms with E-state index in [0.717, 1.165) is 5.92 Å². The van der Waals surface area contributed by atoms with Crippen molar-refractivity contribution in [2.24, 2.45) is 0 Å². The summed E-state index contributed by atoms with van der Waals surface area (Å²) < 4.78 is 0. The van der Waals surface area contributed by atoms with Crippen molar-refractivity contribution < 1.29 is 0 Å². The van der Waals surface area contributed by atoms with Crippen LogP contribution in [0, 0.1) is 5.92 Å². The third-order valence-corrected chi connectivity index (χ3v) is 3.08. The standard InChI is InChI=1S/C15H17/c1-4-11(3)14-8-6-7-12(5-2)15(14)13-9-10-13/h4-8,13H,1-2,9-10H2,3H3. The molecular formula is C15H17. The van der Waals surface area contributed by atoms with E-state index >= 15 is 0 Å². The molecule has 0 atom stereocenters. The highest BCUT2D eigenvalue weighted by Crippen LogP contribution is 2.45. The zero-order chi connectivity index (χ0) is 10.8. The van der Waals surface area contributed by atoms with E-state index in [2.05, 4.69) is 38.3 Å². The first-order chi connectivity index (χ1) is 7.27. The Morgan fingerprint density at radius 1 is 1.33 bits per heavy atom. The zero-order valence-corrected chi connectivity index (χ0v) is 9.29. The smallest absolute Gasteiger partial charge is 0.0233 e. The SMILES string of the molecule is C=C[C](C)c1cccc(C=C)c1C1CC1. The fraction of sp³-hybridized carbons (Fsp3) is 0.267. The number of allylic oxidation sites excluding steroid dienone is 1. The van der Waals surface area contributed by atoms with Crippen LogP contribution in [0.2, 0.25) is 0 Å². The Bertz CT molecular complexity index is 383. The van der Waals surface area contributed by atoms with Crippen LogP contribution < -0.4 is 0 Å². The summed E-state index contributed by atoms with van der Waals surface area (Å²) in [6.45, 7) is 9.87. The minimum absolute atomic E-state index is 0.754. The van der Waals surface area contributed by atoms with Crippen molar-refractivity contribution in [3.8, 4) is 0 Å². The van der Waals surface area contributed by atoms with Gasteiger partial charge in [0, 0.05) is 5.92 Å². The molecule has 77 valence electrons. The molecule has 1 aliphatic carbocycles. The number of rotatable bonds is 4. The van der Waals surface area contributed by atoms with E-state index in [4.69, 9.17) is 0 Å². The lowest BCUT2D eigenvalue weighted by molar-refractivity contribution is 1.07. The molecule has 0 N–H and O–H groups in total. The fourth-order valence-corrected chi connectivity index (χ4v) is 2.04. The largest absolute Gasteiger partial charge is 0.102 e. The van der Waals surface area contributed by atoms with Gasteiger partial charge in [-0.2, -0.15) is 0 Å². The van der Waals surface area contributed by atoms with Crippen LogP contribution in [-0.4, -0.2) is 0 Å². The molecule has 1 aliphatic rings. The quantitative estimate of drug-likeness (QED) is 0.673. The molecule has 1 saturated carbocycles. The Balaban J connectivity index is 2.51. The summed E-state index contributed by atoms with van der Waals surface area (Å²) in [5.41, 5.74) is 4.12. The maximum absolute atomic E-state index is 3.89. The lowest BCUT2D eigenvalue weighted by atomic mass is 9.89. The van der Waals surface area contributed by atoms with Gasteiger partial charge in [-0.3, -0.25) is 0 Å². The van der Waals surface area contributed by atoms with Crippen LogP contribution in [0.4, 0.5) is 0 Å². The van der Waals surface area contributed by atoms with E-state index < -0.39 is 0 Å². The van der Waals surface area contributed by atoms with Crippen molar-refractivity contribution in [1.29, 1.82) is 0 Å². The first kappa shape index (κ1) is 10.2. The number of hydrogen-bond acceptors (Lipinski definition) is 0. The van der Waals surface area contributed by atoms with Crippen molar-refractivity contribution in [3.05, 3.63) is 60.0 Å². The van der Waals surface area contributed by atoms with Crippen LogP contribution in [0.5, 0.6) is 0 Å². The maximum Gasteiger partial charge on any atom is 0.0233 e. The van der Waals surface area contributed by atoms with Crippen LogP contribution in [0.15, 0.2) is 37.4 Å². The first-order valence-electron chi connectivity index (χ1n) is 5.49. The molecule has 2 rings (SSSR count). The third kappa shape index (κ3) is 1.90. The molecular weight excluding hydrogens is 180 g/mol. The predicted molar refractivity (Wildman–Crippen MR) is 66.7 cm³/mol. The Kier molecular flexibility index (Phi) is 2.77. The Hall–Kier alpha value is -1.30. The normalized spacial score (nSPS) is 15.3. The van der Waals surface area contributed by atoms with Gasteiger partial charge in [-0.25, -0.2) is 0 Å². The van der Waals surface area contributed by atoms with E-state index in [1.807, 2.05) is 12.2 Å². The number of hydrogen-bond donors (Lipinski definition) is 0. The lowest BCUT2D eigenvalue weighted by Crippen LogP contribution is -1.98. The van der Waals surface area contributed by atoms with E-state index in [9.17, 15) is 0 Å². The van der Waals surface area contributed by atoms with E-state index in [0.29, 0.717) is 0 Å². The molecule has 1 aromatic rings. The van der Waals surface area contributed by atoms with Crippen molar-refractivity contribution in [1.82, 2.24) is 0 Å². The molecule has 1 radical (unpaired) electrons. The maximum atomic E-state index is 3.89. The van der Waals surface area contributed by atoms with Gasteiger partial charge in [0.15, 0.2) is 0 Å². The second-order valence-electron chi connectivity index (χ2n) is 4.17. The van der Waals surface area contributed by atoms with Crippen molar-refractivity contribution in [2.45, 2.75) is 25.7 Å². The average Bonchev–Trinajstić information content (AvgIpc) is 3.10. The summed E-state index contributed by atoms with van der Waals surface area (Å²) in [5.74, 6) is 2.02. The minimum Gasteiger partial charge on any atom is -0.102 e. The van der Waals surface area contributed by atoms with Crippen molar-refractivity contribution >= 4 is 6.08 Å². The highest BCUT2D eigenvalue weighted by Gasteiger charge is 2.28. The van der Waals surface area contributed by atoms with Gasteiger partial charge in [0.25, 0.3) is 0 Å². The van der Waals surface area contributed by atoms with Gasteiger partial charge in [0.2, 0.25) is 0 Å². The summed E-state index contributed by atoms with van der Waals surface area (Å²) in [5, 5.41) is 0. The molecule has 0 spiro atoms. The molecule has 0 saturated heterocycles. The number of benzene rings is 1. The van der Waals surface area contributed by atoms with E-state index in [1.54, 1.807) is 0 Å². The lowest BCUT2D eigenvalue weighted by Gasteiger charge is -2.15. The summed E-state index contributed by atoms with van der Waals surface area (Å²) in [4.78, 5) is 0.